The van der Waals surface area contributed by atoms with Gasteiger partial charge in [-0.15, -0.1) is 0 Å². The van der Waals surface area contributed by atoms with Crippen molar-refractivity contribution in [2.24, 2.45) is 0 Å². The van der Waals surface area contributed by atoms with Crippen molar-refractivity contribution in [3.05, 3.63) is 95.8 Å². The van der Waals surface area contributed by atoms with Crippen LogP contribution in [0.1, 0.15) is 15.9 Å². The summed E-state index contributed by atoms with van der Waals surface area (Å²) in [6.45, 7) is 0.197. The quantitative estimate of drug-likeness (QED) is 0.613. The third-order valence-electron chi connectivity index (χ3n) is 4.17. The maximum absolute atomic E-state index is 12.9. The van der Waals surface area contributed by atoms with E-state index in [0.717, 1.165) is 5.56 Å². The first-order valence-electron chi connectivity index (χ1n) is 9.21. The second-order valence-corrected chi connectivity index (χ2v) is 6.33. The van der Waals surface area contributed by atoms with E-state index in [9.17, 15) is 14.0 Å². The van der Waals surface area contributed by atoms with Gasteiger partial charge in [-0.3, -0.25) is 9.59 Å². The van der Waals surface area contributed by atoms with E-state index in [1.165, 1.54) is 12.1 Å². The van der Waals surface area contributed by atoms with E-state index in [-0.39, 0.29) is 24.2 Å². The lowest BCUT2D eigenvalue weighted by molar-refractivity contribution is -0.123. The molecule has 0 aliphatic heterocycles. The molecule has 2 amide bonds. The zero-order chi connectivity index (χ0) is 20.5. The van der Waals surface area contributed by atoms with Gasteiger partial charge < -0.3 is 15.4 Å². The van der Waals surface area contributed by atoms with Crippen LogP contribution in [0.5, 0.6) is 5.75 Å². The molecule has 0 aliphatic rings. The molecule has 0 spiro atoms. The van der Waals surface area contributed by atoms with E-state index in [0.29, 0.717) is 30.0 Å². The summed E-state index contributed by atoms with van der Waals surface area (Å²) in [7, 11) is 0. The molecule has 0 saturated carbocycles. The van der Waals surface area contributed by atoms with Crippen LogP contribution in [-0.2, 0) is 11.2 Å². The third kappa shape index (κ3) is 6.17. The molecule has 5 nitrogen and oxygen atoms in total. The summed E-state index contributed by atoms with van der Waals surface area (Å²) in [6.07, 6.45) is 0.585. The number of carbonyl (C=O) groups is 2. The van der Waals surface area contributed by atoms with Gasteiger partial charge >= 0.3 is 0 Å². The average Bonchev–Trinajstić information content (AvgIpc) is 2.74. The first-order valence-corrected chi connectivity index (χ1v) is 9.21. The summed E-state index contributed by atoms with van der Waals surface area (Å²) < 4.78 is 18.4. The summed E-state index contributed by atoms with van der Waals surface area (Å²) in [5, 5.41) is 5.54. The van der Waals surface area contributed by atoms with Crippen molar-refractivity contribution in [2.45, 2.75) is 6.42 Å². The molecule has 3 aromatic carbocycles. The highest BCUT2D eigenvalue weighted by Gasteiger charge is 2.13. The van der Waals surface area contributed by atoms with Crippen molar-refractivity contribution in [1.29, 1.82) is 0 Å². The van der Waals surface area contributed by atoms with Crippen LogP contribution < -0.4 is 15.4 Å². The van der Waals surface area contributed by atoms with E-state index in [4.69, 9.17) is 4.74 Å². The van der Waals surface area contributed by atoms with Gasteiger partial charge in [0.05, 0.1) is 5.56 Å². The van der Waals surface area contributed by atoms with Crippen LogP contribution in [0.3, 0.4) is 0 Å². The number of para-hydroxylation sites is 2. The van der Waals surface area contributed by atoms with E-state index < -0.39 is 0 Å². The Morgan fingerprint density at radius 1 is 0.862 bits per heavy atom. The van der Waals surface area contributed by atoms with E-state index in [2.05, 4.69) is 10.6 Å². The van der Waals surface area contributed by atoms with Gasteiger partial charge in [-0.1, -0.05) is 42.5 Å². The molecule has 29 heavy (non-hydrogen) atoms. The minimum Gasteiger partial charge on any atom is -0.483 e. The molecule has 0 fully saturated rings. The molecule has 0 bridgehead atoms. The van der Waals surface area contributed by atoms with Gasteiger partial charge in [-0.25, -0.2) is 4.39 Å². The number of rotatable bonds is 8. The zero-order valence-electron chi connectivity index (χ0n) is 15.7. The minimum absolute atomic E-state index is 0.209. The van der Waals surface area contributed by atoms with Crippen molar-refractivity contribution in [3.63, 3.8) is 0 Å². The van der Waals surface area contributed by atoms with Gasteiger partial charge in [-0.05, 0) is 48.4 Å². The topological polar surface area (TPSA) is 67.4 Å². The molecule has 0 unspecified atom stereocenters. The predicted octanol–water partition coefficient (Wildman–Crippen LogP) is 3.82. The number of halogens is 1. The van der Waals surface area contributed by atoms with Crippen LogP contribution >= 0.6 is 0 Å². The van der Waals surface area contributed by atoms with Gasteiger partial charge in [0.25, 0.3) is 11.8 Å². The second-order valence-electron chi connectivity index (χ2n) is 6.33. The molecule has 0 heterocycles. The lowest BCUT2D eigenvalue weighted by Gasteiger charge is -2.12. The van der Waals surface area contributed by atoms with Crippen molar-refractivity contribution in [3.8, 4) is 5.75 Å². The second kappa shape index (κ2) is 10.0. The average molecular weight is 392 g/mol. The van der Waals surface area contributed by atoms with Crippen molar-refractivity contribution < 1.29 is 18.7 Å². The largest absolute Gasteiger partial charge is 0.483 e. The number of amides is 2. The molecule has 0 aromatic heterocycles. The first kappa shape index (κ1) is 20.1. The normalized spacial score (nSPS) is 10.2. The van der Waals surface area contributed by atoms with E-state index >= 15 is 0 Å². The Labute approximate surface area is 168 Å². The van der Waals surface area contributed by atoms with Crippen molar-refractivity contribution >= 4 is 17.5 Å². The number of ether oxygens (including phenoxy) is 1. The summed E-state index contributed by atoms with van der Waals surface area (Å²) in [4.78, 5) is 24.6. The Hall–Kier alpha value is -3.67. The number of benzene rings is 3. The third-order valence-corrected chi connectivity index (χ3v) is 4.17. The molecular weight excluding hydrogens is 371 g/mol. The Balaban J connectivity index is 1.50. The Morgan fingerprint density at radius 2 is 1.55 bits per heavy atom. The standard InChI is InChI=1S/C23H21FN2O3/c24-18-12-10-17(11-13-18)14-15-25-22(27)16-29-21-9-5-4-8-20(21)23(28)26-19-6-2-1-3-7-19/h1-13H,14-16H2,(H,25,27)(H,26,28). The van der Waals surface area contributed by atoms with Crippen LogP contribution in [0.4, 0.5) is 10.1 Å². The molecule has 3 aromatic rings. The molecule has 0 atom stereocenters. The minimum atomic E-state index is -0.316. The van der Waals surface area contributed by atoms with Crippen LogP contribution in [-0.4, -0.2) is 25.0 Å². The molecule has 148 valence electrons. The van der Waals surface area contributed by atoms with Gasteiger partial charge in [-0.2, -0.15) is 0 Å². The Bertz CT molecular complexity index is 959. The molecule has 6 heteroatoms. The first-order chi connectivity index (χ1) is 14.1. The highest BCUT2D eigenvalue weighted by molar-refractivity contribution is 6.06. The van der Waals surface area contributed by atoms with E-state index in [1.807, 2.05) is 18.2 Å². The number of nitrogens with one attached hydrogen (secondary N) is 2. The van der Waals surface area contributed by atoms with E-state index in [1.54, 1.807) is 48.5 Å². The van der Waals surface area contributed by atoms with Gasteiger partial charge in [0.1, 0.15) is 11.6 Å². The molecule has 0 radical (unpaired) electrons. The summed E-state index contributed by atoms with van der Waals surface area (Å²) in [5.74, 6) is -0.579. The number of hydrogen-bond acceptors (Lipinski definition) is 3. The van der Waals surface area contributed by atoms with Gasteiger partial charge in [0.2, 0.25) is 0 Å². The fraction of sp³-hybridized carbons (Fsp3) is 0.130. The number of anilines is 1. The van der Waals surface area contributed by atoms with Crippen molar-refractivity contribution in [1.82, 2.24) is 5.32 Å². The van der Waals surface area contributed by atoms with Gasteiger partial charge in [0.15, 0.2) is 6.61 Å². The number of carbonyl (C=O) groups excluding carboxylic acids is 2. The predicted molar refractivity (Wildman–Crippen MR) is 109 cm³/mol. The molecule has 0 aliphatic carbocycles. The lowest BCUT2D eigenvalue weighted by Crippen LogP contribution is -2.30. The highest BCUT2D eigenvalue weighted by Crippen LogP contribution is 2.19. The molecule has 0 saturated heterocycles. The molecule has 2 N–H and O–H groups in total. The number of hydrogen-bond donors (Lipinski definition) is 2. The fourth-order valence-corrected chi connectivity index (χ4v) is 2.69. The van der Waals surface area contributed by atoms with Gasteiger partial charge in [0, 0.05) is 12.2 Å². The smallest absolute Gasteiger partial charge is 0.259 e. The molecule has 3 rings (SSSR count). The summed E-state index contributed by atoms with van der Waals surface area (Å²) >= 11 is 0. The highest BCUT2D eigenvalue weighted by atomic mass is 19.1. The van der Waals surface area contributed by atoms with Crippen molar-refractivity contribution in [2.75, 3.05) is 18.5 Å². The zero-order valence-corrected chi connectivity index (χ0v) is 15.7. The maximum Gasteiger partial charge on any atom is 0.259 e. The van der Waals surface area contributed by atoms with Crippen LogP contribution in [0.25, 0.3) is 0 Å². The Morgan fingerprint density at radius 3 is 2.31 bits per heavy atom. The monoisotopic (exact) mass is 392 g/mol. The Kier molecular flexibility index (Phi) is 6.95. The van der Waals surface area contributed by atoms with Crippen LogP contribution in [0, 0.1) is 5.82 Å². The van der Waals surface area contributed by atoms with Crippen LogP contribution in [0.2, 0.25) is 0 Å². The SMILES string of the molecule is O=C(COc1ccccc1C(=O)Nc1ccccc1)NCCc1ccc(F)cc1. The summed E-state index contributed by atoms with van der Waals surface area (Å²) in [6, 6.07) is 22.0. The maximum atomic E-state index is 12.9. The fourth-order valence-electron chi connectivity index (χ4n) is 2.69. The van der Waals surface area contributed by atoms with Crippen LogP contribution in [0.15, 0.2) is 78.9 Å². The molecular formula is C23H21FN2O3. The summed E-state index contributed by atoms with van der Waals surface area (Å²) in [5.41, 5.74) is 1.94. The lowest BCUT2D eigenvalue weighted by atomic mass is 10.1.